The van der Waals surface area contributed by atoms with Gasteiger partial charge >= 0.3 is 0 Å². The van der Waals surface area contributed by atoms with Crippen LogP contribution in [0.2, 0.25) is 5.02 Å². The van der Waals surface area contributed by atoms with E-state index in [2.05, 4.69) is 20.0 Å². The summed E-state index contributed by atoms with van der Waals surface area (Å²) in [6.45, 7) is 4.54. The largest absolute Gasteiger partial charge is 0.324 e. The molecule has 1 aromatic carbocycles. The fourth-order valence-corrected chi connectivity index (χ4v) is 4.10. The number of aryl methyl sites for hydroxylation is 1. The number of aromatic nitrogens is 2. The minimum absolute atomic E-state index is 0.0446. The first-order chi connectivity index (χ1) is 10.1. The lowest BCUT2D eigenvalue weighted by Gasteiger charge is -2.10. The first-order valence-electron chi connectivity index (χ1n) is 6.44. The summed E-state index contributed by atoms with van der Waals surface area (Å²) in [4.78, 5) is 17.1. The molecule has 0 radical (unpaired) electrons. The van der Waals surface area contributed by atoms with Gasteiger partial charge in [0.25, 0.3) is 0 Å². The summed E-state index contributed by atoms with van der Waals surface area (Å²) >= 11 is 9.14. The molecule has 0 saturated carbocycles. The molecule has 1 aliphatic rings. The maximum absolute atomic E-state index is 12.0. The van der Waals surface area contributed by atoms with Crippen molar-refractivity contribution in [2.75, 3.05) is 11.9 Å². The summed E-state index contributed by atoms with van der Waals surface area (Å²) in [5.41, 5.74) is 1.70. The van der Waals surface area contributed by atoms with Crippen molar-refractivity contribution in [1.29, 1.82) is 0 Å². The summed E-state index contributed by atoms with van der Waals surface area (Å²) in [7, 11) is 0. The van der Waals surface area contributed by atoms with Crippen LogP contribution in [0.4, 0.5) is 5.69 Å². The van der Waals surface area contributed by atoms with Crippen LogP contribution >= 0.6 is 34.9 Å². The molecule has 8 heteroatoms. The number of carbonyl (C=O) groups excluding carboxylic acids is 1. The number of nitrogens with zero attached hydrogens (tertiary/aromatic N) is 2. The number of halogens is 1. The van der Waals surface area contributed by atoms with Crippen LogP contribution in [0.5, 0.6) is 0 Å². The van der Waals surface area contributed by atoms with Gasteiger partial charge in [-0.15, -0.1) is 0 Å². The maximum atomic E-state index is 12.0. The molecule has 110 valence electrons. The van der Waals surface area contributed by atoms with Gasteiger partial charge in [0, 0.05) is 16.1 Å². The Morgan fingerprint density at radius 1 is 1.52 bits per heavy atom. The summed E-state index contributed by atoms with van der Waals surface area (Å²) in [5, 5.41) is 6.65. The maximum Gasteiger partial charge on any atom is 0.246 e. The van der Waals surface area contributed by atoms with Crippen molar-refractivity contribution in [1.82, 2.24) is 14.7 Å². The Morgan fingerprint density at radius 3 is 3.00 bits per heavy atom. The lowest BCUT2D eigenvalue weighted by atomic mass is 10.1. The van der Waals surface area contributed by atoms with E-state index in [0.29, 0.717) is 5.02 Å². The minimum atomic E-state index is -0.328. The van der Waals surface area contributed by atoms with Crippen molar-refractivity contribution < 1.29 is 4.79 Å². The molecule has 0 bridgehead atoms. The van der Waals surface area contributed by atoms with E-state index in [1.54, 1.807) is 0 Å². The monoisotopic (exact) mass is 340 g/mol. The first kappa shape index (κ1) is 14.8. The molecule has 0 spiro atoms. The van der Waals surface area contributed by atoms with Crippen LogP contribution in [0.25, 0.3) is 0 Å². The fourth-order valence-electron chi connectivity index (χ4n) is 2.16. The lowest BCUT2D eigenvalue weighted by Crippen LogP contribution is -2.27. The summed E-state index contributed by atoms with van der Waals surface area (Å²) in [5.74, 6) is 0.706. The fraction of sp³-hybridized carbons (Fsp3) is 0.308. The Kier molecular flexibility index (Phi) is 4.17. The highest BCUT2D eigenvalue weighted by atomic mass is 35.5. The number of benzene rings is 1. The number of likely N-dealkylation sites (N-methyl/N-ethyl adjacent to an activating group) is 1. The summed E-state index contributed by atoms with van der Waals surface area (Å²) in [6.07, 6.45) is 0. The van der Waals surface area contributed by atoms with Crippen molar-refractivity contribution >= 4 is 46.5 Å². The predicted molar refractivity (Wildman–Crippen MR) is 85.3 cm³/mol. The Morgan fingerprint density at radius 2 is 2.33 bits per heavy atom. The second-order valence-electron chi connectivity index (χ2n) is 4.56. The van der Waals surface area contributed by atoms with Gasteiger partial charge in [-0.1, -0.05) is 30.3 Å². The molecule has 1 unspecified atom stereocenters. The molecule has 2 heterocycles. The molecule has 1 atom stereocenters. The molecule has 3 rings (SSSR count). The highest BCUT2D eigenvalue weighted by molar-refractivity contribution is 8.01. The van der Waals surface area contributed by atoms with Gasteiger partial charge in [0.05, 0.1) is 5.02 Å². The Labute approximate surface area is 135 Å². The second kappa shape index (κ2) is 5.92. The normalized spacial score (nSPS) is 16.9. The van der Waals surface area contributed by atoms with E-state index in [9.17, 15) is 4.79 Å². The quantitative estimate of drug-likeness (QED) is 0.894. The number of carbonyl (C=O) groups is 1. The zero-order valence-corrected chi connectivity index (χ0v) is 13.8. The van der Waals surface area contributed by atoms with Crippen molar-refractivity contribution in [2.45, 2.75) is 29.1 Å². The standard InChI is InChI=1S/C13H13ClN4OS2/c1-3-15-11-7-4-8(14)10(5-9(7)17-12(11)19)20-13-16-6(2)18-21-13/h4-5,11,15H,3H2,1-2H3,(H,17,19). The third-order valence-electron chi connectivity index (χ3n) is 3.05. The highest BCUT2D eigenvalue weighted by Gasteiger charge is 2.30. The Balaban J connectivity index is 1.92. The minimum Gasteiger partial charge on any atom is -0.324 e. The molecule has 0 aliphatic carbocycles. The van der Waals surface area contributed by atoms with E-state index in [-0.39, 0.29) is 11.9 Å². The zero-order chi connectivity index (χ0) is 15.0. The van der Waals surface area contributed by atoms with E-state index < -0.39 is 0 Å². The number of rotatable bonds is 4. The van der Waals surface area contributed by atoms with Crippen molar-refractivity contribution in [3.05, 3.63) is 28.5 Å². The summed E-state index contributed by atoms with van der Waals surface area (Å²) in [6, 6.07) is 3.41. The van der Waals surface area contributed by atoms with Gasteiger partial charge in [-0.3, -0.25) is 4.79 Å². The number of nitrogens with one attached hydrogen (secondary N) is 2. The molecule has 1 aliphatic heterocycles. The van der Waals surface area contributed by atoms with E-state index in [0.717, 1.165) is 32.9 Å². The molecule has 2 aromatic rings. The van der Waals surface area contributed by atoms with Crippen LogP contribution in [-0.2, 0) is 4.79 Å². The van der Waals surface area contributed by atoms with Gasteiger partial charge in [-0.2, -0.15) is 4.37 Å². The van der Waals surface area contributed by atoms with Gasteiger partial charge in [-0.05, 0) is 37.1 Å². The number of anilines is 1. The third-order valence-corrected chi connectivity index (χ3v) is 5.37. The SMILES string of the molecule is CCNC1C(=O)Nc2cc(Sc3nc(C)ns3)c(Cl)cc21. The molecule has 1 amide bonds. The van der Waals surface area contributed by atoms with Crippen LogP contribution in [0.3, 0.4) is 0 Å². The zero-order valence-electron chi connectivity index (χ0n) is 11.4. The van der Waals surface area contributed by atoms with Gasteiger partial charge in [0.2, 0.25) is 5.91 Å². The van der Waals surface area contributed by atoms with Crippen LogP contribution in [0.15, 0.2) is 21.4 Å². The average Bonchev–Trinajstić information content (AvgIpc) is 2.96. The van der Waals surface area contributed by atoms with Gasteiger partial charge < -0.3 is 10.6 Å². The van der Waals surface area contributed by atoms with E-state index >= 15 is 0 Å². The van der Waals surface area contributed by atoms with Gasteiger partial charge in [0.15, 0.2) is 4.34 Å². The molecular weight excluding hydrogens is 328 g/mol. The van der Waals surface area contributed by atoms with Crippen LogP contribution in [0.1, 0.15) is 24.4 Å². The topological polar surface area (TPSA) is 66.9 Å². The van der Waals surface area contributed by atoms with Crippen molar-refractivity contribution in [3.63, 3.8) is 0 Å². The summed E-state index contributed by atoms with van der Waals surface area (Å²) < 4.78 is 4.99. The molecular formula is C13H13ClN4OS2. The number of hydrogen-bond donors (Lipinski definition) is 2. The highest BCUT2D eigenvalue weighted by Crippen LogP contribution is 2.41. The van der Waals surface area contributed by atoms with Gasteiger partial charge in [0.1, 0.15) is 11.9 Å². The number of fused-ring (bicyclic) bond motifs is 1. The average molecular weight is 341 g/mol. The molecule has 0 saturated heterocycles. The van der Waals surface area contributed by atoms with E-state index in [1.165, 1.54) is 23.3 Å². The third kappa shape index (κ3) is 2.91. The molecule has 1 aromatic heterocycles. The van der Waals surface area contributed by atoms with Crippen LogP contribution in [-0.4, -0.2) is 21.8 Å². The molecule has 5 nitrogen and oxygen atoms in total. The van der Waals surface area contributed by atoms with Crippen molar-refractivity contribution in [2.24, 2.45) is 0 Å². The number of amides is 1. The van der Waals surface area contributed by atoms with Gasteiger partial charge in [-0.25, -0.2) is 4.98 Å². The Hall–Kier alpha value is -1.15. The Bertz CT molecular complexity index is 703. The van der Waals surface area contributed by atoms with Crippen LogP contribution in [0, 0.1) is 6.92 Å². The van der Waals surface area contributed by atoms with Crippen LogP contribution < -0.4 is 10.6 Å². The van der Waals surface area contributed by atoms with Crippen molar-refractivity contribution in [3.8, 4) is 0 Å². The second-order valence-corrected chi connectivity index (χ2v) is 7.01. The lowest BCUT2D eigenvalue weighted by molar-refractivity contribution is -0.117. The predicted octanol–water partition coefficient (Wildman–Crippen LogP) is 3.25. The van der Waals surface area contributed by atoms with E-state index in [1.807, 2.05) is 26.0 Å². The van der Waals surface area contributed by atoms with E-state index in [4.69, 9.17) is 11.6 Å². The molecule has 0 fully saturated rings. The molecule has 21 heavy (non-hydrogen) atoms. The smallest absolute Gasteiger partial charge is 0.246 e. The number of hydrogen-bond acceptors (Lipinski definition) is 6. The first-order valence-corrected chi connectivity index (χ1v) is 8.41. The molecule has 2 N–H and O–H groups in total.